The third kappa shape index (κ3) is 2.06. The first-order valence-electron chi connectivity index (χ1n) is 3.66. The van der Waals surface area contributed by atoms with Gasteiger partial charge in [-0.25, -0.2) is 13.8 Å². The molecule has 0 aromatic carbocycles. The quantitative estimate of drug-likeness (QED) is 0.756. The molecule has 1 heterocycles. The summed E-state index contributed by atoms with van der Waals surface area (Å²) in [6, 6.07) is 1.52. The molecule has 1 aromatic heterocycles. The summed E-state index contributed by atoms with van der Waals surface area (Å²) in [4.78, 5) is 3.74. The van der Waals surface area contributed by atoms with E-state index in [-0.39, 0.29) is 17.3 Å². The summed E-state index contributed by atoms with van der Waals surface area (Å²) in [5.41, 5.74) is 6.04. The van der Waals surface area contributed by atoms with Gasteiger partial charge in [0.05, 0.1) is 5.56 Å². The summed E-state index contributed by atoms with van der Waals surface area (Å²) in [5, 5.41) is 0. The van der Waals surface area contributed by atoms with Crippen molar-refractivity contribution >= 4 is 17.4 Å². The Morgan fingerprint density at radius 3 is 2.69 bits per heavy atom. The second-order valence-corrected chi connectivity index (χ2v) is 2.92. The lowest BCUT2D eigenvalue weighted by Crippen LogP contribution is -2.03. The lowest BCUT2D eigenvalue weighted by Gasteiger charge is -2.09. The van der Waals surface area contributed by atoms with Gasteiger partial charge in [0.15, 0.2) is 0 Å². The van der Waals surface area contributed by atoms with Crippen LogP contribution in [0.5, 0.6) is 0 Å². The highest BCUT2D eigenvalue weighted by atomic mass is 35.5. The molecule has 0 bridgehead atoms. The Morgan fingerprint density at radius 2 is 2.23 bits per heavy atom. The van der Waals surface area contributed by atoms with Gasteiger partial charge in [0.25, 0.3) is 6.43 Å². The van der Waals surface area contributed by atoms with Crippen LogP contribution < -0.4 is 5.73 Å². The molecule has 0 spiro atoms. The fraction of sp³-hybridized carbons (Fsp3) is 0.375. The molecular formula is C8H9ClF2N2. The van der Waals surface area contributed by atoms with E-state index in [0.29, 0.717) is 11.3 Å². The van der Waals surface area contributed by atoms with Crippen LogP contribution in [-0.2, 0) is 5.88 Å². The monoisotopic (exact) mass is 206 g/mol. The molecule has 0 saturated carbocycles. The third-order valence-electron chi connectivity index (χ3n) is 1.66. The first-order chi connectivity index (χ1) is 6.06. The second-order valence-electron chi connectivity index (χ2n) is 2.66. The van der Waals surface area contributed by atoms with Gasteiger partial charge in [0, 0.05) is 11.6 Å². The lowest BCUT2D eigenvalue weighted by molar-refractivity contribution is 0.151. The highest BCUT2D eigenvalue weighted by Gasteiger charge is 2.17. The topological polar surface area (TPSA) is 38.9 Å². The maximum Gasteiger partial charge on any atom is 0.267 e. The minimum atomic E-state index is -2.62. The predicted octanol–water partition coefficient (Wildman–Crippen LogP) is 2.65. The van der Waals surface area contributed by atoms with Crippen molar-refractivity contribution < 1.29 is 8.78 Å². The summed E-state index contributed by atoms with van der Waals surface area (Å²) < 4.78 is 24.9. The zero-order valence-corrected chi connectivity index (χ0v) is 7.78. The van der Waals surface area contributed by atoms with Crippen LogP contribution in [0.15, 0.2) is 6.07 Å². The van der Waals surface area contributed by atoms with Crippen LogP contribution in [0.2, 0.25) is 0 Å². The van der Waals surface area contributed by atoms with Gasteiger partial charge in [-0.2, -0.15) is 0 Å². The van der Waals surface area contributed by atoms with Crippen molar-refractivity contribution in [2.45, 2.75) is 19.2 Å². The molecule has 0 aliphatic heterocycles. The normalized spacial score (nSPS) is 10.8. The van der Waals surface area contributed by atoms with E-state index in [1.807, 2.05) is 0 Å². The van der Waals surface area contributed by atoms with Crippen LogP contribution in [0.3, 0.4) is 0 Å². The van der Waals surface area contributed by atoms with E-state index in [4.69, 9.17) is 17.3 Å². The fourth-order valence-electron chi connectivity index (χ4n) is 1.14. The number of nitrogen functional groups attached to an aromatic ring is 1. The summed E-state index contributed by atoms with van der Waals surface area (Å²) >= 11 is 5.50. The van der Waals surface area contributed by atoms with Gasteiger partial charge in [-0.05, 0) is 18.6 Å². The number of rotatable bonds is 2. The molecule has 1 aromatic rings. The molecule has 0 amide bonds. The number of nitrogens with zero attached hydrogens (tertiary/aromatic N) is 1. The zero-order valence-electron chi connectivity index (χ0n) is 7.02. The smallest absolute Gasteiger partial charge is 0.267 e. The molecule has 2 N–H and O–H groups in total. The molecule has 0 atom stereocenters. The Bertz CT molecular complexity index is 315. The van der Waals surface area contributed by atoms with Crippen molar-refractivity contribution in [3.63, 3.8) is 0 Å². The Labute approximate surface area is 79.7 Å². The Balaban J connectivity index is 3.30. The van der Waals surface area contributed by atoms with Crippen molar-refractivity contribution in [3.8, 4) is 0 Å². The maximum absolute atomic E-state index is 12.4. The van der Waals surface area contributed by atoms with Gasteiger partial charge in [0.2, 0.25) is 0 Å². The minimum Gasteiger partial charge on any atom is -0.383 e. The zero-order chi connectivity index (χ0) is 10.0. The molecule has 0 radical (unpaired) electrons. The molecule has 0 unspecified atom stereocenters. The van der Waals surface area contributed by atoms with Crippen molar-refractivity contribution in [2.75, 3.05) is 5.73 Å². The number of aromatic nitrogens is 1. The van der Waals surface area contributed by atoms with Gasteiger partial charge in [-0.15, -0.1) is 11.6 Å². The number of nitrogens with two attached hydrogens (primary N) is 1. The number of anilines is 1. The average Bonchev–Trinajstić information content (AvgIpc) is 2.01. The molecule has 1 rings (SSSR count). The molecule has 72 valence electrons. The van der Waals surface area contributed by atoms with Crippen LogP contribution in [0.25, 0.3) is 0 Å². The fourth-order valence-corrected chi connectivity index (χ4v) is 1.36. The molecule has 5 heteroatoms. The molecular weight excluding hydrogens is 198 g/mol. The number of hydrogen-bond donors (Lipinski definition) is 1. The first-order valence-corrected chi connectivity index (χ1v) is 4.19. The van der Waals surface area contributed by atoms with Crippen LogP contribution in [0.1, 0.15) is 23.2 Å². The van der Waals surface area contributed by atoms with Crippen LogP contribution in [-0.4, -0.2) is 4.98 Å². The van der Waals surface area contributed by atoms with Gasteiger partial charge >= 0.3 is 0 Å². The highest BCUT2D eigenvalue weighted by Crippen LogP contribution is 2.28. The second kappa shape index (κ2) is 3.87. The van der Waals surface area contributed by atoms with Gasteiger partial charge in [-0.1, -0.05) is 0 Å². The molecule has 13 heavy (non-hydrogen) atoms. The molecule has 0 aliphatic carbocycles. The Hall–Kier alpha value is -0.900. The maximum atomic E-state index is 12.4. The van der Waals surface area contributed by atoms with E-state index < -0.39 is 6.43 Å². The molecule has 2 nitrogen and oxygen atoms in total. The Morgan fingerprint density at radius 1 is 1.62 bits per heavy atom. The summed E-state index contributed by atoms with van der Waals surface area (Å²) in [5.74, 6) is -0.113. The minimum absolute atomic E-state index is 0.0211. The standard InChI is InChI=1S/C8H9ClF2N2/c1-4-2-5(3-9)6(7(10)11)8(12)13-4/h2,7H,3H2,1H3,(H2,12,13). The Kier molecular flexibility index (Phi) is 3.03. The lowest BCUT2D eigenvalue weighted by atomic mass is 10.1. The number of aryl methyl sites for hydroxylation is 1. The third-order valence-corrected chi connectivity index (χ3v) is 1.95. The van der Waals surface area contributed by atoms with Gasteiger partial charge in [0.1, 0.15) is 5.82 Å². The molecule has 0 fully saturated rings. The first kappa shape index (κ1) is 10.2. The summed E-state index contributed by atoms with van der Waals surface area (Å²) in [6.45, 7) is 1.68. The molecule has 0 aliphatic rings. The van der Waals surface area contributed by atoms with E-state index in [1.165, 1.54) is 6.07 Å². The van der Waals surface area contributed by atoms with Crippen molar-refractivity contribution in [1.82, 2.24) is 4.98 Å². The summed E-state index contributed by atoms with van der Waals surface area (Å²) in [7, 11) is 0. The molecule has 0 saturated heterocycles. The van der Waals surface area contributed by atoms with E-state index in [9.17, 15) is 8.78 Å². The number of hydrogen-bond acceptors (Lipinski definition) is 2. The van der Waals surface area contributed by atoms with E-state index >= 15 is 0 Å². The van der Waals surface area contributed by atoms with Crippen LogP contribution in [0.4, 0.5) is 14.6 Å². The predicted molar refractivity (Wildman–Crippen MR) is 47.9 cm³/mol. The van der Waals surface area contributed by atoms with Crippen molar-refractivity contribution in [3.05, 3.63) is 22.9 Å². The summed E-state index contributed by atoms with van der Waals surface area (Å²) in [6.07, 6.45) is -2.62. The van der Waals surface area contributed by atoms with E-state index in [1.54, 1.807) is 6.92 Å². The van der Waals surface area contributed by atoms with Crippen LogP contribution in [0, 0.1) is 6.92 Å². The van der Waals surface area contributed by atoms with Gasteiger partial charge < -0.3 is 5.73 Å². The number of pyridine rings is 1. The highest BCUT2D eigenvalue weighted by molar-refractivity contribution is 6.17. The average molecular weight is 207 g/mol. The van der Waals surface area contributed by atoms with E-state index in [2.05, 4.69) is 4.98 Å². The van der Waals surface area contributed by atoms with E-state index in [0.717, 1.165) is 0 Å². The van der Waals surface area contributed by atoms with Crippen LogP contribution >= 0.6 is 11.6 Å². The van der Waals surface area contributed by atoms with Crippen molar-refractivity contribution in [2.24, 2.45) is 0 Å². The number of halogens is 3. The SMILES string of the molecule is Cc1cc(CCl)c(C(F)F)c(N)n1. The van der Waals surface area contributed by atoms with Gasteiger partial charge in [-0.3, -0.25) is 0 Å². The largest absolute Gasteiger partial charge is 0.383 e. The van der Waals surface area contributed by atoms with Crippen molar-refractivity contribution in [1.29, 1.82) is 0 Å². The number of alkyl halides is 3.